The van der Waals surface area contributed by atoms with Gasteiger partial charge in [-0.1, -0.05) is 17.7 Å². The van der Waals surface area contributed by atoms with Crippen molar-refractivity contribution < 1.29 is 9.53 Å². The highest BCUT2D eigenvalue weighted by Gasteiger charge is 2.16. The van der Waals surface area contributed by atoms with E-state index in [4.69, 9.17) is 16.3 Å². The Hall–Kier alpha value is -3.78. The maximum absolute atomic E-state index is 12.8. The second kappa shape index (κ2) is 8.30. The Morgan fingerprint density at radius 2 is 2.00 bits per heavy atom. The summed E-state index contributed by atoms with van der Waals surface area (Å²) in [6.07, 6.45) is 4.59. The van der Waals surface area contributed by atoms with E-state index < -0.39 is 5.91 Å². The van der Waals surface area contributed by atoms with Crippen molar-refractivity contribution in [3.05, 3.63) is 83.2 Å². The van der Waals surface area contributed by atoms with Crippen LogP contribution in [0.3, 0.4) is 0 Å². The summed E-state index contributed by atoms with van der Waals surface area (Å²) in [6, 6.07) is 12.2. The molecule has 1 amide bonds. The summed E-state index contributed by atoms with van der Waals surface area (Å²) in [5, 5.41) is 7.43. The second-order valence-electron chi connectivity index (χ2n) is 6.47. The number of carbonyl (C=O) groups excluding carboxylic acids is 1. The van der Waals surface area contributed by atoms with Crippen molar-refractivity contribution in [3.8, 4) is 17.4 Å². The van der Waals surface area contributed by atoms with Crippen LogP contribution in [-0.2, 0) is 0 Å². The van der Waals surface area contributed by atoms with Gasteiger partial charge in [-0.3, -0.25) is 9.78 Å². The first kappa shape index (κ1) is 19.5. The largest absolute Gasteiger partial charge is 0.437 e. The van der Waals surface area contributed by atoms with Gasteiger partial charge < -0.3 is 10.1 Å². The third-order valence-electron chi connectivity index (χ3n) is 4.13. The van der Waals surface area contributed by atoms with E-state index in [1.165, 1.54) is 12.4 Å². The minimum atomic E-state index is -0.444. The zero-order chi connectivity index (χ0) is 21.1. The number of aromatic nitrogens is 5. The lowest BCUT2D eigenvalue weighted by Crippen LogP contribution is -2.16. The van der Waals surface area contributed by atoms with Crippen molar-refractivity contribution >= 4 is 23.2 Å². The van der Waals surface area contributed by atoms with Gasteiger partial charge >= 0.3 is 0 Å². The number of rotatable bonds is 5. The summed E-state index contributed by atoms with van der Waals surface area (Å²) in [6.45, 7) is 3.81. The number of amides is 1. The molecule has 0 aliphatic carbocycles. The third-order valence-corrected chi connectivity index (χ3v) is 4.43. The molecule has 1 N–H and O–H groups in total. The van der Waals surface area contributed by atoms with Crippen LogP contribution in [0.25, 0.3) is 5.82 Å². The van der Waals surface area contributed by atoms with Crippen molar-refractivity contribution in [1.82, 2.24) is 24.7 Å². The van der Waals surface area contributed by atoms with Gasteiger partial charge in [-0.05, 0) is 44.2 Å². The van der Waals surface area contributed by atoms with Crippen molar-refractivity contribution in [3.63, 3.8) is 0 Å². The molecule has 3 heterocycles. The fraction of sp³-hybridized carbons (Fsp3) is 0.0952. The molecule has 0 saturated carbocycles. The van der Waals surface area contributed by atoms with Crippen molar-refractivity contribution in [2.45, 2.75) is 13.8 Å². The standard InChI is InChI=1S/C21H17ClN6O2/c1-13-10-14(2)28(27-13)18-7-6-17(22)20(26-18)21(29)25-15-4-3-5-16(11-15)30-19-12-23-8-9-24-19/h3-12H,1-2H3,(H,25,29). The number of hydrogen-bond acceptors (Lipinski definition) is 6. The Morgan fingerprint density at radius 1 is 1.13 bits per heavy atom. The first-order chi connectivity index (χ1) is 14.5. The fourth-order valence-electron chi connectivity index (χ4n) is 2.86. The van der Waals surface area contributed by atoms with Gasteiger partial charge in [0, 0.05) is 29.8 Å². The van der Waals surface area contributed by atoms with E-state index >= 15 is 0 Å². The van der Waals surface area contributed by atoms with E-state index in [1.807, 2.05) is 19.9 Å². The number of hydrogen-bond donors (Lipinski definition) is 1. The van der Waals surface area contributed by atoms with Gasteiger partial charge in [-0.15, -0.1) is 0 Å². The Bertz CT molecular complexity index is 1210. The zero-order valence-corrected chi connectivity index (χ0v) is 17.0. The maximum Gasteiger partial charge on any atom is 0.275 e. The molecular weight excluding hydrogens is 404 g/mol. The quantitative estimate of drug-likeness (QED) is 0.515. The predicted molar refractivity (Wildman–Crippen MR) is 112 cm³/mol. The molecule has 0 spiro atoms. The molecule has 4 aromatic rings. The smallest absolute Gasteiger partial charge is 0.275 e. The van der Waals surface area contributed by atoms with Crippen LogP contribution >= 0.6 is 11.6 Å². The molecule has 30 heavy (non-hydrogen) atoms. The van der Waals surface area contributed by atoms with E-state index in [0.717, 1.165) is 11.4 Å². The second-order valence-corrected chi connectivity index (χ2v) is 6.87. The first-order valence-electron chi connectivity index (χ1n) is 9.05. The summed E-state index contributed by atoms with van der Waals surface area (Å²) >= 11 is 6.24. The van der Waals surface area contributed by atoms with Crippen LogP contribution in [0.4, 0.5) is 5.69 Å². The van der Waals surface area contributed by atoms with Crippen molar-refractivity contribution in [2.75, 3.05) is 5.32 Å². The van der Waals surface area contributed by atoms with Crippen molar-refractivity contribution in [1.29, 1.82) is 0 Å². The van der Waals surface area contributed by atoms with Crippen LogP contribution in [0.2, 0.25) is 5.02 Å². The minimum Gasteiger partial charge on any atom is -0.437 e. The Labute approximate surface area is 177 Å². The molecule has 0 saturated heterocycles. The summed E-state index contributed by atoms with van der Waals surface area (Å²) < 4.78 is 7.31. The summed E-state index contributed by atoms with van der Waals surface area (Å²) in [7, 11) is 0. The molecule has 3 aromatic heterocycles. The highest BCUT2D eigenvalue weighted by atomic mass is 35.5. The van der Waals surface area contributed by atoms with E-state index in [2.05, 4.69) is 25.4 Å². The average Bonchev–Trinajstić information content (AvgIpc) is 3.07. The van der Waals surface area contributed by atoms with Gasteiger partial charge in [-0.25, -0.2) is 14.6 Å². The van der Waals surface area contributed by atoms with Gasteiger partial charge in [0.15, 0.2) is 5.82 Å². The SMILES string of the molecule is Cc1cc(C)n(-c2ccc(Cl)c(C(=O)Nc3cccc(Oc4cnccn4)c3)n2)n1. The molecule has 150 valence electrons. The van der Waals surface area contributed by atoms with Crippen LogP contribution < -0.4 is 10.1 Å². The number of aryl methyl sites for hydroxylation is 2. The molecule has 4 rings (SSSR count). The monoisotopic (exact) mass is 420 g/mol. The third kappa shape index (κ3) is 4.28. The van der Waals surface area contributed by atoms with Crippen LogP contribution in [0, 0.1) is 13.8 Å². The lowest BCUT2D eigenvalue weighted by molar-refractivity contribution is 0.102. The summed E-state index contributed by atoms with van der Waals surface area (Å²) in [4.78, 5) is 25.3. The normalized spacial score (nSPS) is 10.6. The summed E-state index contributed by atoms with van der Waals surface area (Å²) in [5.74, 6) is 0.918. The van der Waals surface area contributed by atoms with Gasteiger partial charge in [0.2, 0.25) is 5.88 Å². The van der Waals surface area contributed by atoms with E-state index in [-0.39, 0.29) is 10.7 Å². The molecule has 8 nitrogen and oxygen atoms in total. The molecule has 0 unspecified atom stereocenters. The number of nitrogens with zero attached hydrogens (tertiary/aromatic N) is 5. The minimum absolute atomic E-state index is 0.0990. The molecule has 0 atom stereocenters. The van der Waals surface area contributed by atoms with Crippen LogP contribution in [0.1, 0.15) is 21.9 Å². The number of carbonyl (C=O) groups is 1. The van der Waals surface area contributed by atoms with Gasteiger partial charge in [0.05, 0.1) is 16.9 Å². The predicted octanol–water partition coefficient (Wildman–Crippen LogP) is 4.37. The maximum atomic E-state index is 12.8. The number of halogens is 1. The highest BCUT2D eigenvalue weighted by molar-refractivity contribution is 6.34. The van der Waals surface area contributed by atoms with Crippen LogP contribution in [0.5, 0.6) is 11.6 Å². The molecule has 0 aliphatic heterocycles. The Balaban J connectivity index is 1.56. The molecule has 0 bridgehead atoms. The number of ether oxygens (including phenoxy) is 1. The van der Waals surface area contributed by atoms with E-state index in [9.17, 15) is 4.79 Å². The molecule has 0 radical (unpaired) electrons. The van der Waals surface area contributed by atoms with Crippen molar-refractivity contribution in [2.24, 2.45) is 0 Å². The van der Waals surface area contributed by atoms with Gasteiger partial charge in [0.25, 0.3) is 5.91 Å². The van der Waals surface area contributed by atoms with E-state index in [1.54, 1.807) is 47.3 Å². The highest BCUT2D eigenvalue weighted by Crippen LogP contribution is 2.24. The Kier molecular flexibility index (Phi) is 5.40. The number of pyridine rings is 1. The number of anilines is 1. The van der Waals surface area contributed by atoms with Crippen LogP contribution in [-0.4, -0.2) is 30.6 Å². The first-order valence-corrected chi connectivity index (χ1v) is 9.43. The molecule has 9 heteroatoms. The average molecular weight is 421 g/mol. The topological polar surface area (TPSA) is 94.8 Å². The number of benzene rings is 1. The fourth-order valence-corrected chi connectivity index (χ4v) is 3.05. The molecule has 0 aliphatic rings. The number of nitrogens with one attached hydrogen (secondary N) is 1. The van der Waals surface area contributed by atoms with Gasteiger partial charge in [0.1, 0.15) is 11.4 Å². The lowest BCUT2D eigenvalue weighted by Gasteiger charge is -2.10. The molecule has 1 aromatic carbocycles. The molecular formula is C21H17ClN6O2. The zero-order valence-electron chi connectivity index (χ0n) is 16.2. The van der Waals surface area contributed by atoms with E-state index in [0.29, 0.717) is 23.1 Å². The van der Waals surface area contributed by atoms with Crippen LogP contribution in [0.15, 0.2) is 61.1 Å². The Morgan fingerprint density at radius 3 is 2.73 bits per heavy atom. The van der Waals surface area contributed by atoms with Gasteiger partial charge in [-0.2, -0.15) is 5.10 Å². The lowest BCUT2D eigenvalue weighted by atomic mass is 10.2. The molecule has 0 fully saturated rings. The summed E-state index contributed by atoms with van der Waals surface area (Å²) in [5.41, 5.74) is 2.38.